The summed E-state index contributed by atoms with van der Waals surface area (Å²) in [4.78, 5) is 1.46. The predicted molar refractivity (Wildman–Crippen MR) is 84.6 cm³/mol. The summed E-state index contributed by atoms with van der Waals surface area (Å²) in [5, 5.41) is 5.90. The zero-order valence-corrected chi connectivity index (χ0v) is 12.7. The highest BCUT2D eigenvalue weighted by molar-refractivity contribution is 7.10. The molecule has 0 saturated carbocycles. The Morgan fingerprint density at radius 2 is 1.95 bits per heavy atom. The van der Waals surface area contributed by atoms with Gasteiger partial charge in [-0.1, -0.05) is 50.1 Å². The highest BCUT2D eigenvalue weighted by Crippen LogP contribution is 2.22. The molecule has 1 unspecified atom stereocenters. The van der Waals surface area contributed by atoms with Gasteiger partial charge in [0, 0.05) is 17.5 Å². The lowest BCUT2D eigenvalue weighted by Gasteiger charge is -2.19. The summed E-state index contributed by atoms with van der Waals surface area (Å²) in [5.74, 6) is 0. The Morgan fingerprint density at radius 1 is 1.16 bits per heavy atom. The Bertz CT molecular complexity index is 475. The minimum absolute atomic E-state index is 0.475. The molecule has 1 heterocycles. The first-order valence-electron chi connectivity index (χ1n) is 7.12. The average molecular weight is 273 g/mol. The molecule has 1 nitrogen and oxygen atoms in total. The average Bonchev–Trinajstić information content (AvgIpc) is 2.85. The number of aryl methyl sites for hydroxylation is 1. The summed E-state index contributed by atoms with van der Waals surface area (Å²) >= 11 is 1.85. The normalized spacial score (nSPS) is 12.5. The van der Waals surface area contributed by atoms with Gasteiger partial charge in [-0.2, -0.15) is 0 Å². The smallest absolute Gasteiger partial charge is 0.0323 e. The van der Waals surface area contributed by atoms with Crippen LogP contribution in [0.25, 0.3) is 0 Å². The van der Waals surface area contributed by atoms with E-state index in [1.54, 1.807) is 0 Å². The van der Waals surface area contributed by atoms with E-state index in [9.17, 15) is 0 Å². The number of hydrogen-bond donors (Lipinski definition) is 1. The molecule has 2 rings (SSSR count). The topological polar surface area (TPSA) is 12.0 Å². The van der Waals surface area contributed by atoms with E-state index in [4.69, 9.17) is 0 Å². The Kier molecular flexibility index (Phi) is 5.62. The van der Waals surface area contributed by atoms with Crippen molar-refractivity contribution in [3.8, 4) is 0 Å². The summed E-state index contributed by atoms with van der Waals surface area (Å²) in [6.45, 7) is 5.43. The number of nitrogens with one attached hydrogen (secondary N) is 1. The Labute approximate surface area is 120 Å². The number of benzene rings is 1. The van der Waals surface area contributed by atoms with Crippen molar-refractivity contribution in [2.75, 3.05) is 0 Å². The molecule has 102 valence electrons. The molecule has 19 heavy (non-hydrogen) atoms. The van der Waals surface area contributed by atoms with Crippen LogP contribution in [0.2, 0.25) is 0 Å². The Morgan fingerprint density at radius 3 is 2.58 bits per heavy atom. The first-order chi connectivity index (χ1) is 9.31. The monoisotopic (exact) mass is 273 g/mol. The molecule has 0 aliphatic rings. The van der Waals surface area contributed by atoms with Crippen LogP contribution in [0.4, 0.5) is 0 Å². The SMILES string of the molecule is CCCCC(NCc1sccc1C)c1ccccc1. The lowest BCUT2D eigenvalue weighted by Crippen LogP contribution is -2.20. The zero-order chi connectivity index (χ0) is 13.5. The summed E-state index contributed by atoms with van der Waals surface area (Å²) in [5.41, 5.74) is 2.81. The summed E-state index contributed by atoms with van der Waals surface area (Å²) in [6.07, 6.45) is 3.74. The largest absolute Gasteiger partial charge is 0.305 e. The number of hydrogen-bond acceptors (Lipinski definition) is 2. The summed E-state index contributed by atoms with van der Waals surface area (Å²) < 4.78 is 0. The molecule has 1 aromatic carbocycles. The highest BCUT2D eigenvalue weighted by atomic mass is 32.1. The molecule has 2 aromatic rings. The van der Waals surface area contributed by atoms with Crippen molar-refractivity contribution < 1.29 is 0 Å². The van der Waals surface area contributed by atoms with Crippen LogP contribution in [-0.4, -0.2) is 0 Å². The molecule has 0 fully saturated rings. The van der Waals surface area contributed by atoms with Gasteiger partial charge >= 0.3 is 0 Å². The standard InChI is InChI=1S/C17H23NS/c1-3-4-10-16(15-8-6-5-7-9-15)18-13-17-14(2)11-12-19-17/h5-9,11-12,16,18H,3-4,10,13H2,1-2H3. The lowest BCUT2D eigenvalue weighted by molar-refractivity contribution is 0.482. The predicted octanol–water partition coefficient (Wildman–Crippen LogP) is 5.08. The van der Waals surface area contributed by atoms with E-state index in [1.807, 2.05) is 11.3 Å². The second kappa shape index (κ2) is 7.46. The fourth-order valence-corrected chi connectivity index (χ4v) is 3.14. The fourth-order valence-electron chi connectivity index (χ4n) is 2.28. The van der Waals surface area contributed by atoms with Crippen LogP contribution in [-0.2, 0) is 6.54 Å². The Hall–Kier alpha value is -1.12. The Balaban J connectivity index is 2.00. The molecule has 0 bridgehead atoms. The molecule has 0 aliphatic heterocycles. The van der Waals surface area contributed by atoms with Crippen molar-refractivity contribution in [3.63, 3.8) is 0 Å². The van der Waals surface area contributed by atoms with E-state index >= 15 is 0 Å². The van der Waals surface area contributed by atoms with E-state index in [-0.39, 0.29) is 0 Å². The zero-order valence-electron chi connectivity index (χ0n) is 11.9. The molecule has 0 spiro atoms. The van der Waals surface area contributed by atoms with E-state index in [0.29, 0.717) is 6.04 Å². The second-order valence-corrected chi connectivity index (χ2v) is 6.01. The van der Waals surface area contributed by atoms with Gasteiger partial charge in [-0.05, 0) is 35.9 Å². The minimum Gasteiger partial charge on any atom is -0.305 e. The van der Waals surface area contributed by atoms with Gasteiger partial charge < -0.3 is 5.32 Å². The molecule has 0 saturated heterocycles. The van der Waals surface area contributed by atoms with Crippen molar-refractivity contribution in [2.24, 2.45) is 0 Å². The molecule has 1 N–H and O–H groups in total. The molecule has 0 aliphatic carbocycles. The van der Waals surface area contributed by atoms with Crippen molar-refractivity contribution in [1.29, 1.82) is 0 Å². The second-order valence-electron chi connectivity index (χ2n) is 5.01. The lowest BCUT2D eigenvalue weighted by atomic mass is 10.0. The van der Waals surface area contributed by atoms with Crippen molar-refractivity contribution in [3.05, 3.63) is 57.8 Å². The van der Waals surface area contributed by atoms with Crippen LogP contribution in [0.5, 0.6) is 0 Å². The molecule has 2 heteroatoms. The summed E-state index contributed by atoms with van der Waals surface area (Å²) in [7, 11) is 0. The molecule has 1 aromatic heterocycles. The van der Waals surface area contributed by atoms with Crippen LogP contribution in [0.3, 0.4) is 0 Å². The molecule has 1 atom stereocenters. The van der Waals surface area contributed by atoms with Gasteiger partial charge in [0.15, 0.2) is 0 Å². The van der Waals surface area contributed by atoms with E-state index in [2.05, 4.69) is 60.9 Å². The van der Waals surface area contributed by atoms with E-state index in [0.717, 1.165) is 6.54 Å². The third-order valence-electron chi connectivity index (χ3n) is 3.53. The van der Waals surface area contributed by atoms with Crippen molar-refractivity contribution >= 4 is 11.3 Å². The van der Waals surface area contributed by atoms with Crippen LogP contribution in [0, 0.1) is 6.92 Å². The quantitative estimate of drug-likeness (QED) is 0.742. The van der Waals surface area contributed by atoms with Crippen LogP contribution < -0.4 is 5.32 Å². The number of unbranched alkanes of at least 4 members (excludes halogenated alkanes) is 1. The molecule has 0 amide bonds. The van der Waals surface area contributed by atoms with Crippen molar-refractivity contribution in [1.82, 2.24) is 5.32 Å². The maximum absolute atomic E-state index is 3.72. The van der Waals surface area contributed by atoms with Gasteiger partial charge in [-0.15, -0.1) is 11.3 Å². The summed E-state index contributed by atoms with van der Waals surface area (Å²) in [6, 6.07) is 13.5. The van der Waals surface area contributed by atoms with Gasteiger partial charge in [0.25, 0.3) is 0 Å². The highest BCUT2D eigenvalue weighted by Gasteiger charge is 2.11. The third-order valence-corrected chi connectivity index (χ3v) is 4.55. The minimum atomic E-state index is 0.475. The van der Waals surface area contributed by atoms with Gasteiger partial charge in [-0.3, -0.25) is 0 Å². The van der Waals surface area contributed by atoms with Gasteiger partial charge in [0.1, 0.15) is 0 Å². The van der Waals surface area contributed by atoms with Crippen LogP contribution in [0.15, 0.2) is 41.8 Å². The van der Waals surface area contributed by atoms with Gasteiger partial charge in [0.05, 0.1) is 0 Å². The first-order valence-corrected chi connectivity index (χ1v) is 8.00. The van der Waals surface area contributed by atoms with Gasteiger partial charge in [0.2, 0.25) is 0 Å². The maximum atomic E-state index is 3.72. The fraction of sp³-hybridized carbons (Fsp3) is 0.412. The third kappa shape index (κ3) is 4.19. The molecular weight excluding hydrogens is 250 g/mol. The molecular formula is C17H23NS. The van der Waals surface area contributed by atoms with Crippen LogP contribution in [0.1, 0.15) is 48.2 Å². The van der Waals surface area contributed by atoms with Crippen LogP contribution >= 0.6 is 11.3 Å². The van der Waals surface area contributed by atoms with E-state index in [1.165, 1.54) is 35.3 Å². The molecule has 0 radical (unpaired) electrons. The first kappa shape index (κ1) is 14.3. The number of rotatable bonds is 7. The van der Waals surface area contributed by atoms with Crippen molar-refractivity contribution in [2.45, 2.75) is 45.7 Å². The van der Waals surface area contributed by atoms with E-state index < -0.39 is 0 Å². The maximum Gasteiger partial charge on any atom is 0.0323 e. The number of thiophene rings is 1. The van der Waals surface area contributed by atoms with Gasteiger partial charge in [-0.25, -0.2) is 0 Å².